The van der Waals surface area contributed by atoms with Crippen molar-refractivity contribution in [2.45, 2.75) is 32.1 Å². The van der Waals surface area contributed by atoms with E-state index in [9.17, 15) is 9.59 Å². The van der Waals surface area contributed by atoms with Gasteiger partial charge in [-0.25, -0.2) is 0 Å². The molecule has 2 aromatic carbocycles. The van der Waals surface area contributed by atoms with Crippen LogP contribution in [0.4, 0.5) is 5.69 Å². The number of hydrogen-bond acceptors (Lipinski definition) is 3. The summed E-state index contributed by atoms with van der Waals surface area (Å²) >= 11 is 0. The summed E-state index contributed by atoms with van der Waals surface area (Å²) in [5.74, 6) is 0.149. The van der Waals surface area contributed by atoms with Crippen molar-refractivity contribution in [3.63, 3.8) is 0 Å². The van der Waals surface area contributed by atoms with Crippen LogP contribution >= 0.6 is 0 Å². The Kier molecular flexibility index (Phi) is 6.35. The Morgan fingerprint density at radius 1 is 0.844 bits per heavy atom. The fraction of sp³-hybridized carbons (Fsp3) is 0.407. The summed E-state index contributed by atoms with van der Waals surface area (Å²) in [6.07, 6.45) is 2.66. The van der Waals surface area contributed by atoms with Gasteiger partial charge >= 0.3 is 0 Å². The van der Waals surface area contributed by atoms with E-state index < -0.39 is 5.41 Å². The molecule has 0 bridgehead atoms. The molecule has 0 aliphatic carbocycles. The number of carbonyl (C=O) groups is 2. The molecule has 0 radical (unpaired) electrons. The first-order valence-electron chi connectivity index (χ1n) is 11.5. The van der Waals surface area contributed by atoms with Gasteiger partial charge in [0.2, 0.25) is 11.8 Å². The molecule has 0 aromatic heterocycles. The molecular weight excluding hydrogens is 398 g/mol. The van der Waals surface area contributed by atoms with Gasteiger partial charge in [-0.3, -0.25) is 9.59 Å². The summed E-state index contributed by atoms with van der Waals surface area (Å²) < 4.78 is 0. The number of nitrogens with zero attached hydrogens (tertiary/aromatic N) is 3. The Balaban J connectivity index is 1.52. The van der Waals surface area contributed by atoms with Crippen molar-refractivity contribution in [1.82, 2.24) is 9.80 Å². The van der Waals surface area contributed by atoms with Crippen LogP contribution in [0, 0.1) is 13.8 Å². The van der Waals surface area contributed by atoms with Gasteiger partial charge in [-0.05, 0) is 55.5 Å². The molecule has 5 heteroatoms. The van der Waals surface area contributed by atoms with E-state index in [4.69, 9.17) is 0 Å². The minimum absolute atomic E-state index is 0.0544. The lowest BCUT2D eigenvalue weighted by molar-refractivity contribution is -0.142. The van der Waals surface area contributed by atoms with Crippen LogP contribution in [0.25, 0.3) is 0 Å². The Hall–Kier alpha value is -3.08. The molecule has 0 N–H and O–H groups in total. The number of piperidine rings is 1. The molecule has 5 nitrogen and oxygen atoms in total. The van der Waals surface area contributed by atoms with E-state index in [0.29, 0.717) is 25.9 Å². The smallest absolute Gasteiger partial charge is 0.245 e. The van der Waals surface area contributed by atoms with Crippen molar-refractivity contribution in [3.8, 4) is 0 Å². The first-order chi connectivity index (χ1) is 15.5. The highest BCUT2D eigenvalue weighted by atomic mass is 16.2. The van der Waals surface area contributed by atoms with Crippen LogP contribution in [0.1, 0.15) is 29.5 Å². The molecule has 4 rings (SSSR count). The third-order valence-corrected chi connectivity index (χ3v) is 7.32. The maximum Gasteiger partial charge on any atom is 0.245 e. The van der Waals surface area contributed by atoms with E-state index in [1.54, 1.807) is 4.90 Å². The van der Waals surface area contributed by atoms with Crippen LogP contribution in [0.2, 0.25) is 0 Å². The first-order valence-corrected chi connectivity index (χ1v) is 11.5. The van der Waals surface area contributed by atoms with Crippen molar-refractivity contribution in [1.29, 1.82) is 0 Å². The molecule has 2 fully saturated rings. The standard InChI is InChI=1S/C27H33N3O2/c1-4-25(31)29-15-13-27(14-16-29,23-10-6-5-7-11-23)26(32)30-19-17-28(18-20-30)24-12-8-9-21(2)22(24)3/h4-12H,1,13-20H2,2-3H3. The molecule has 168 valence electrons. The van der Waals surface area contributed by atoms with Crippen molar-refractivity contribution in [3.05, 3.63) is 77.9 Å². The summed E-state index contributed by atoms with van der Waals surface area (Å²) in [5.41, 5.74) is 4.37. The lowest BCUT2D eigenvalue weighted by Crippen LogP contribution is -2.58. The summed E-state index contributed by atoms with van der Waals surface area (Å²) in [7, 11) is 0. The molecule has 0 saturated carbocycles. The summed E-state index contributed by atoms with van der Waals surface area (Å²) in [4.78, 5) is 32.3. The van der Waals surface area contributed by atoms with E-state index in [0.717, 1.165) is 31.7 Å². The van der Waals surface area contributed by atoms with Gasteiger partial charge in [0, 0.05) is 45.0 Å². The predicted octanol–water partition coefficient (Wildman–Crippen LogP) is 3.70. The molecular formula is C27H33N3O2. The van der Waals surface area contributed by atoms with Crippen LogP contribution in [0.5, 0.6) is 0 Å². The van der Waals surface area contributed by atoms with Gasteiger partial charge in [-0.1, -0.05) is 49.0 Å². The van der Waals surface area contributed by atoms with Crippen LogP contribution in [-0.4, -0.2) is 60.9 Å². The number of amides is 2. The van der Waals surface area contributed by atoms with Gasteiger partial charge < -0.3 is 14.7 Å². The van der Waals surface area contributed by atoms with Gasteiger partial charge in [0.05, 0.1) is 5.41 Å². The Morgan fingerprint density at radius 3 is 2.12 bits per heavy atom. The molecule has 0 atom stereocenters. The predicted molar refractivity (Wildman–Crippen MR) is 129 cm³/mol. The number of aryl methyl sites for hydroxylation is 1. The van der Waals surface area contributed by atoms with Gasteiger partial charge in [-0.2, -0.15) is 0 Å². The number of likely N-dealkylation sites (tertiary alicyclic amines) is 1. The molecule has 0 spiro atoms. The fourth-order valence-corrected chi connectivity index (χ4v) is 5.15. The third-order valence-electron chi connectivity index (χ3n) is 7.32. The molecule has 2 aromatic rings. The number of carbonyl (C=O) groups excluding carboxylic acids is 2. The number of hydrogen-bond donors (Lipinski definition) is 0. The maximum absolute atomic E-state index is 14.0. The number of benzene rings is 2. The quantitative estimate of drug-likeness (QED) is 0.694. The van der Waals surface area contributed by atoms with Crippen molar-refractivity contribution >= 4 is 17.5 Å². The highest BCUT2D eigenvalue weighted by Gasteiger charge is 2.46. The maximum atomic E-state index is 14.0. The zero-order valence-electron chi connectivity index (χ0n) is 19.2. The molecule has 2 heterocycles. The second kappa shape index (κ2) is 9.19. The largest absolute Gasteiger partial charge is 0.368 e. The molecule has 2 amide bonds. The van der Waals surface area contributed by atoms with Crippen molar-refractivity contribution < 1.29 is 9.59 Å². The number of rotatable bonds is 4. The normalized spacial score (nSPS) is 18.4. The van der Waals surface area contributed by atoms with Crippen molar-refractivity contribution in [2.24, 2.45) is 0 Å². The Labute approximate surface area is 191 Å². The van der Waals surface area contributed by atoms with E-state index in [-0.39, 0.29) is 11.8 Å². The highest BCUT2D eigenvalue weighted by Crippen LogP contribution is 2.38. The second-order valence-corrected chi connectivity index (χ2v) is 8.98. The lowest BCUT2D eigenvalue weighted by Gasteiger charge is -2.45. The van der Waals surface area contributed by atoms with Crippen LogP contribution in [0.3, 0.4) is 0 Å². The third kappa shape index (κ3) is 4.04. The zero-order chi connectivity index (χ0) is 22.7. The summed E-state index contributed by atoms with van der Waals surface area (Å²) in [5, 5.41) is 0. The Morgan fingerprint density at radius 2 is 1.50 bits per heavy atom. The molecule has 2 aliphatic rings. The minimum atomic E-state index is -0.569. The van der Waals surface area contributed by atoms with E-state index in [1.807, 2.05) is 23.1 Å². The van der Waals surface area contributed by atoms with E-state index in [2.05, 4.69) is 55.7 Å². The molecule has 32 heavy (non-hydrogen) atoms. The molecule has 2 saturated heterocycles. The average molecular weight is 432 g/mol. The number of piperazine rings is 1. The monoisotopic (exact) mass is 431 g/mol. The topological polar surface area (TPSA) is 43.9 Å². The Bertz CT molecular complexity index is 985. The van der Waals surface area contributed by atoms with Crippen LogP contribution in [0.15, 0.2) is 61.2 Å². The SMILES string of the molecule is C=CC(=O)N1CCC(C(=O)N2CCN(c3cccc(C)c3C)CC2)(c2ccccc2)CC1. The molecule has 0 unspecified atom stereocenters. The average Bonchev–Trinajstić information content (AvgIpc) is 2.85. The zero-order valence-corrected chi connectivity index (χ0v) is 19.2. The van der Waals surface area contributed by atoms with Crippen LogP contribution < -0.4 is 4.90 Å². The summed E-state index contributed by atoms with van der Waals surface area (Å²) in [6, 6.07) is 16.6. The lowest BCUT2D eigenvalue weighted by atomic mass is 9.71. The fourth-order valence-electron chi connectivity index (χ4n) is 5.15. The van der Waals surface area contributed by atoms with E-state index >= 15 is 0 Å². The van der Waals surface area contributed by atoms with Crippen molar-refractivity contribution in [2.75, 3.05) is 44.2 Å². The van der Waals surface area contributed by atoms with Gasteiger partial charge in [-0.15, -0.1) is 0 Å². The van der Waals surface area contributed by atoms with E-state index in [1.165, 1.54) is 22.9 Å². The van der Waals surface area contributed by atoms with Gasteiger partial charge in [0.15, 0.2) is 0 Å². The van der Waals surface area contributed by atoms with Gasteiger partial charge in [0.1, 0.15) is 0 Å². The second-order valence-electron chi connectivity index (χ2n) is 8.98. The van der Waals surface area contributed by atoms with Crippen LogP contribution in [-0.2, 0) is 15.0 Å². The minimum Gasteiger partial charge on any atom is -0.368 e. The van der Waals surface area contributed by atoms with Gasteiger partial charge in [0.25, 0.3) is 0 Å². The first kappa shape index (κ1) is 22.1. The number of anilines is 1. The summed E-state index contributed by atoms with van der Waals surface area (Å²) in [6.45, 7) is 12.2. The highest BCUT2D eigenvalue weighted by molar-refractivity contribution is 5.90. The molecule has 2 aliphatic heterocycles.